The van der Waals surface area contributed by atoms with E-state index in [1.165, 1.54) is 0 Å². The summed E-state index contributed by atoms with van der Waals surface area (Å²) in [6.07, 6.45) is 1.59. The molecule has 1 N–H and O–H groups in total. The molecule has 1 atom stereocenters. The third kappa shape index (κ3) is 5.81. The van der Waals surface area contributed by atoms with Crippen molar-refractivity contribution in [2.45, 2.75) is 18.9 Å². The summed E-state index contributed by atoms with van der Waals surface area (Å²) in [5.41, 5.74) is 2.02. The lowest BCUT2D eigenvalue weighted by molar-refractivity contribution is -0.134. The minimum absolute atomic E-state index is 0.0220. The van der Waals surface area contributed by atoms with Gasteiger partial charge in [-0.1, -0.05) is 54.1 Å². The number of nitrogens with zero attached hydrogens (tertiary/aromatic N) is 2. The molecule has 3 rings (SSSR count). The van der Waals surface area contributed by atoms with Crippen molar-refractivity contribution < 1.29 is 9.59 Å². The molecule has 0 aliphatic carbocycles. The average Bonchev–Trinajstić information content (AvgIpc) is 2.73. The van der Waals surface area contributed by atoms with E-state index in [4.69, 9.17) is 11.6 Å². The lowest BCUT2D eigenvalue weighted by Gasteiger charge is -2.32. The van der Waals surface area contributed by atoms with Crippen LogP contribution in [0.15, 0.2) is 54.6 Å². The number of carbonyl (C=O) groups is 2. The molecule has 2 aromatic rings. The fourth-order valence-electron chi connectivity index (χ4n) is 3.77. The van der Waals surface area contributed by atoms with Crippen LogP contribution in [0.25, 0.3) is 0 Å². The molecule has 1 aliphatic rings. The van der Waals surface area contributed by atoms with Crippen molar-refractivity contribution in [3.63, 3.8) is 0 Å². The molecular formula is C23H28ClN3O2. The second-order valence-electron chi connectivity index (χ2n) is 7.75. The summed E-state index contributed by atoms with van der Waals surface area (Å²) in [5.74, 6) is 0.225. The van der Waals surface area contributed by atoms with Crippen molar-refractivity contribution in [3.05, 3.63) is 70.7 Å². The molecule has 0 saturated carbocycles. The number of piperidine rings is 1. The topological polar surface area (TPSA) is 52.7 Å². The standard InChI is InChI=1S/C23H28ClN3O2/c1-26(2)23(29)19-12-14-27(15-13-19)16-21(28)25-22(17-6-4-3-5-7-17)18-8-10-20(24)11-9-18/h3-11,19,22H,12-16H2,1-2H3,(H,25,28). The monoisotopic (exact) mass is 413 g/mol. The molecule has 1 heterocycles. The van der Waals surface area contributed by atoms with Crippen molar-refractivity contribution in [2.75, 3.05) is 33.7 Å². The van der Waals surface area contributed by atoms with E-state index in [0.29, 0.717) is 11.6 Å². The van der Waals surface area contributed by atoms with Crippen molar-refractivity contribution in [1.29, 1.82) is 0 Å². The predicted molar refractivity (Wildman–Crippen MR) is 116 cm³/mol. The van der Waals surface area contributed by atoms with Crippen LogP contribution < -0.4 is 5.32 Å². The van der Waals surface area contributed by atoms with Crippen molar-refractivity contribution in [2.24, 2.45) is 5.92 Å². The Morgan fingerprint density at radius 3 is 2.21 bits per heavy atom. The maximum Gasteiger partial charge on any atom is 0.234 e. The first kappa shape index (κ1) is 21.3. The molecule has 2 aromatic carbocycles. The van der Waals surface area contributed by atoms with Crippen LogP contribution in [-0.2, 0) is 9.59 Å². The van der Waals surface area contributed by atoms with Gasteiger partial charge in [-0.3, -0.25) is 14.5 Å². The number of amides is 2. The van der Waals surface area contributed by atoms with E-state index in [1.54, 1.807) is 19.0 Å². The molecule has 1 fully saturated rings. The number of likely N-dealkylation sites (tertiary alicyclic amines) is 1. The molecule has 0 bridgehead atoms. The van der Waals surface area contributed by atoms with Crippen molar-refractivity contribution >= 4 is 23.4 Å². The highest BCUT2D eigenvalue weighted by atomic mass is 35.5. The van der Waals surface area contributed by atoms with E-state index in [9.17, 15) is 9.59 Å². The Morgan fingerprint density at radius 2 is 1.62 bits per heavy atom. The molecule has 1 unspecified atom stereocenters. The van der Waals surface area contributed by atoms with Crippen LogP contribution in [0.3, 0.4) is 0 Å². The molecule has 1 aliphatic heterocycles. The van der Waals surface area contributed by atoms with Gasteiger partial charge in [0.05, 0.1) is 12.6 Å². The lowest BCUT2D eigenvalue weighted by Crippen LogP contribution is -2.45. The summed E-state index contributed by atoms with van der Waals surface area (Å²) in [5, 5.41) is 3.84. The van der Waals surface area contributed by atoms with E-state index < -0.39 is 0 Å². The highest BCUT2D eigenvalue weighted by Gasteiger charge is 2.27. The van der Waals surface area contributed by atoms with Gasteiger partial charge in [-0.15, -0.1) is 0 Å². The van der Waals surface area contributed by atoms with Gasteiger partial charge in [0.2, 0.25) is 11.8 Å². The number of carbonyl (C=O) groups excluding carboxylic acids is 2. The van der Waals surface area contributed by atoms with Gasteiger partial charge in [-0.05, 0) is 49.2 Å². The molecule has 1 saturated heterocycles. The number of rotatable bonds is 6. The number of nitrogens with one attached hydrogen (secondary N) is 1. The van der Waals surface area contributed by atoms with Gasteiger partial charge in [0.1, 0.15) is 0 Å². The van der Waals surface area contributed by atoms with E-state index in [-0.39, 0.29) is 23.8 Å². The van der Waals surface area contributed by atoms with Crippen LogP contribution in [0.5, 0.6) is 0 Å². The van der Waals surface area contributed by atoms with Crippen LogP contribution in [0.2, 0.25) is 5.02 Å². The summed E-state index contributed by atoms with van der Waals surface area (Å²) >= 11 is 6.03. The Hall–Kier alpha value is -2.37. The maximum atomic E-state index is 12.8. The van der Waals surface area contributed by atoms with Gasteiger partial charge < -0.3 is 10.2 Å². The molecule has 0 spiro atoms. The Bertz CT molecular complexity index is 816. The fraction of sp³-hybridized carbons (Fsp3) is 0.391. The maximum absolute atomic E-state index is 12.8. The fourth-order valence-corrected chi connectivity index (χ4v) is 3.90. The first-order valence-corrected chi connectivity index (χ1v) is 10.3. The minimum atomic E-state index is -0.228. The van der Waals surface area contributed by atoms with E-state index >= 15 is 0 Å². The normalized spacial score (nSPS) is 16.2. The van der Waals surface area contributed by atoms with Gasteiger partial charge in [-0.25, -0.2) is 0 Å². The van der Waals surface area contributed by atoms with Crippen LogP contribution in [0.4, 0.5) is 0 Å². The summed E-state index contributed by atoms with van der Waals surface area (Å²) in [6, 6.07) is 17.3. The van der Waals surface area contributed by atoms with Crippen LogP contribution in [0.1, 0.15) is 30.0 Å². The van der Waals surface area contributed by atoms with Gasteiger partial charge >= 0.3 is 0 Å². The van der Waals surface area contributed by atoms with Crippen LogP contribution >= 0.6 is 11.6 Å². The molecule has 5 nitrogen and oxygen atoms in total. The predicted octanol–water partition coefficient (Wildman–Crippen LogP) is 3.35. The van der Waals surface area contributed by atoms with E-state index in [1.807, 2.05) is 54.6 Å². The number of halogens is 1. The first-order valence-electron chi connectivity index (χ1n) is 9.97. The second kappa shape index (κ2) is 9.90. The molecule has 2 amide bonds. The Labute approximate surface area is 177 Å². The molecule has 29 heavy (non-hydrogen) atoms. The summed E-state index contributed by atoms with van der Waals surface area (Å²) in [4.78, 5) is 28.7. The third-order valence-corrected chi connectivity index (χ3v) is 5.64. The average molecular weight is 414 g/mol. The van der Waals surface area contributed by atoms with Gasteiger partial charge in [0.25, 0.3) is 0 Å². The zero-order valence-corrected chi connectivity index (χ0v) is 17.7. The third-order valence-electron chi connectivity index (χ3n) is 5.39. The number of hydrogen-bond donors (Lipinski definition) is 1. The summed E-state index contributed by atoms with van der Waals surface area (Å²) in [6.45, 7) is 1.85. The molecule has 0 radical (unpaired) electrons. The van der Waals surface area contributed by atoms with Gasteiger partial charge in [-0.2, -0.15) is 0 Å². The minimum Gasteiger partial charge on any atom is -0.349 e. The number of benzene rings is 2. The highest BCUT2D eigenvalue weighted by molar-refractivity contribution is 6.30. The summed E-state index contributed by atoms with van der Waals surface area (Å²) in [7, 11) is 3.59. The van der Waals surface area contributed by atoms with Crippen LogP contribution in [0, 0.1) is 5.92 Å². The lowest BCUT2D eigenvalue weighted by atomic mass is 9.95. The SMILES string of the molecule is CN(C)C(=O)C1CCN(CC(=O)NC(c2ccccc2)c2ccc(Cl)cc2)CC1. The molecule has 6 heteroatoms. The van der Waals surface area contributed by atoms with Crippen LogP contribution in [-0.4, -0.2) is 55.3 Å². The highest BCUT2D eigenvalue weighted by Crippen LogP contribution is 2.24. The zero-order chi connectivity index (χ0) is 20.8. The van der Waals surface area contributed by atoms with Gasteiger partial charge in [0, 0.05) is 25.0 Å². The molecule has 0 aromatic heterocycles. The quantitative estimate of drug-likeness (QED) is 0.790. The van der Waals surface area contributed by atoms with Crippen molar-refractivity contribution in [3.8, 4) is 0 Å². The summed E-state index contributed by atoms with van der Waals surface area (Å²) < 4.78 is 0. The van der Waals surface area contributed by atoms with E-state index in [2.05, 4.69) is 10.2 Å². The largest absolute Gasteiger partial charge is 0.349 e. The Balaban J connectivity index is 1.62. The number of hydrogen-bond acceptors (Lipinski definition) is 3. The zero-order valence-electron chi connectivity index (χ0n) is 17.0. The Kier molecular flexibility index (Phi) is 7.29. The van der Waals surface area contributed by atoms with Crippen molar-refractivity contribution in [1.82, 2.24) is 15.1 Å². The van der Waals surface area contributed by atoms with Gasteiger partial charge in [0.15, 0.2) is 0 Å². The first-order chi connectivity index (χ1) is 13.9. The molecule has 154 valence electrons. The Morgan fingerprint density at radius 1 is 1.03 bits per heavy atom. The molecular weight excluding hydrogens is 386 g/mol. The van der Waals surface area contributed by atoms with E-state index in [0.717, 1.165) is 37.1 Å². The smallest absolute Gasteiger partial charge is 0.234 e. The second-order valence-corrected chi connectivity index (χ2v) is 8.18.